The zero-order chi connectivity index (χ0) is 14.9. The third-order valence-corrected chi connectivity index (χ3v) is 4.06. The predicted octanol–water partition coefficient (Wildman–Crippen LogP) is 2.85. The highest BCUT2D eigenvalue weighted by Gasteiger charge is 2.27. The van der Waals surface area contributed by atoms with Gasteiger partial charge in [0.2, 0.25) is 0 Å². The highest BCUT2D eigenvalue weighted by molar-refractivity contribution is 6.33. The van der Waals surface area contributed by atoms with E-state index in [1.807, 2.05) is 0 Å². The van der Waals surface area contributed by atoms with Crippen LogP contribution in [0.5, 0.6) is 0 Å². The zero-order valence-corrected chi connectivity index (χ0v) is 11.8. The van der Waals surface area contributed by atoms with E-state index in [9.17, 15) is 18.7 Å². The topological polar surface area (TPSA) is 40.5 Å². The number of aliphatic hydroxyl groups is 1. The van der Waals surface area contributed by atoms with Gasteiger partial charge in [0.05, 0.1) is 16.7 Å². The standard InChI is InChI=1S/C14H16ClF2NO2/c1-8(19)9-2-4-18(5-3-9)14(20)10-6-12(16)13(17)7-11(10)15/h6-9,19H,2-5H2,1H3. The third kappa shape index (κ3) is 3.10. The fourth-order valence-corrected chi connectivity index (χ4v) is 2.67. The van der Waals surface area contributed by atoms with Gasteiger partial charge >= 0.3 is 0 Å². The molecule has 1 N–H and O–H groups in total. The second kappa shape index (κ2) is 6.06. The Morgan fingerprint density at radius 2 is 1.90 bits per heavy atom. The molecule has 1 unspecified atom stereocenters. The number of hydrogen-bond acceptors (Lipinski definition) is 2. The van der Waals surface area contributed by atoms with E-state index < -0.39 is 23.6 Å². The molecule has 0 saturated carbocycles. The Hall–Kier alpha value is -1.20. The number of halogens is 3. The number of piperidine rings is 1. The molecule has 1 fully saturated rings. The highest BCUT2D eigenvalue weighted by Crippen LogP contribution is 2.25. The van der Waals surface area contributed by atoms with Crippen LogP contribution in [0.15, 0.2) is 12.1 Å². The van der Waals surface area contributed by atoms with Crippen molar-refractivity contribution in [3.05, 3.63) is 34.4 Å². The van der Waals surface area contributed by atoms with Crippen LogP contribution in [-0.2, 0) is 0 Å². The molecular weight excluding hydrogens is 288 g/mol. The molecule has 3 nitrogen and oxygen atoms in total. The molecule has 1 atom stereocenters. The first kappa shape index (κ1) is 15.2. The monoisotopic (exact) mass is 303 g/mol. The molecule has 0 aliphatic carbocycles. The van der Waals surface area contributed by atoms with Gasteiger partial charge in [0.25, 0.3) is 5.91 Å². The minimum absolute atomic E-state index is 0.0268. The number of nitrogens with zero attached hydrogens (tertiary/aromatic N) is 1. The Labute approximate surface area is 121 Å². The van der Waals surface area contributed by atoms with Gasteiger partial charge in [0.1, 0.15) is 0 Å². The summed E-state index contributed by atoms with van der Waals surface area (Å²) in [6.07, 6.45) is 0.967. The van der Waals surface area contributed by atoms with Crippen molar-refractivity contribution in [2.45, 2.75) is 25.9 Å². The van der Waals surface area contributed by atoms with E-state index in [2.05, 4.69) is 0 Å². The molecule has 0 aromatic heterocycles. The number of hydrogen-bond donors (Lipinski definition) is 1. The quantitative estimate of drug-likeness (QED) is 0.854. The van der Waals surface area contributed by atoms with Gasteiger partial charge in [0, 0.05) is 13.1 Å². The van der Waals surface area contributed by atoms with Gasteiger partial charge in [-0.1, -0.05) is 11.6 Å². The molecule has 2 rings (SSSR count). The predicted molar refractivity (Wildman–Crippen MR) is 71.7 cm³/mol. The molecule has 6 heteroatoms. The Kier molecular flexibility index (Phi) is 4.60. The van der Waals surface area contributed by atoms with Crippen molar-refractivity contribution in [1.82, 2.24) is 4.90 Å². The maximum absolute atomic E-state index is 13.2. The molecule has 1 aliphatic rings. The van der Waals surface area contributed by atoms with E-state index in [1.165, 1.54) is 0 Å². The average molecular weight is 304 g/mol. The van der Waals surface area contributed by atoms with E-state index in [1.54, 1.807) is 11.8 Å². The lowest BCUT2D eigenvalue weighted by Crippen LogP contribution is -2.40. The van der Waals surface area contributed by atoms with Crippen LogP contribution in [0.1, 0.15) is 30.1 Å². The van der Waals surface area contributed by atoms with Crippen molar-refractivity contribution in [2.24, 2.45) is 5.92 Å². The number of rotatable bonds is 2. The molecule has 1 saturated heterocycles. The van der Waals surface area contributed by atoms with Crippen LogP contribution < -0.4 is 0 Å². The van der Waals surface area contributed by atoms with Gasteiger partial charge in [-0.05, 0) is 37.8 Å². The molecule has 0 spiro atoms. The molecule has 110 valence electrons. The first-order valence-electron chi connectivity index (χ1n) is 6.52. The SMILES string of the molecule is CC(O)C1CCN(C(=O)c2cc(F)c(F)cc2Cl)CC1. The van der Waals surface area contributed by atoms with E-state index in [4.69, 9.17) is 11.6 Å². The van der Waals surface area contributed by atoms with Crippen LogP contribution in [0.3, 0.4) is 0 Å². The van der Waals surface area contributed by atoms with Crippen molar-refractivity contribution in [2.75, 3.05) is 13.1 Å². The molecule has 1 aromatic carbocycles. The van der Waals surface area contributed by atoms with Crippen molar-refractivity contribution < 1.29 is 18.7 Å². The van der Waals surface area contributed by atoms with Crippen LogP contribution in [0.25, 0.3) is 0 Å². The van der Waals surface area contributed by atoms with Gasteiger partial charge in [0.15, 0.2) is 11.6 Å². The van der Waals surface area contributed by atoms with Gasteiger partial charge in [-0.15, -0.1) is 0 Å². The van der Waals surface area contributed by atoms with Gasteiger partial charge < -0.3 is 10.0 Å². The first-order valence-corrected chi connectivity index (χ1v) is 6.90. The summed E-state index contributed by atoms with van der Waals surface area (Å²) < 4.78 is 26.2. The number of likely N-dealkylation sites (tertiary alicyclic amines) is 1. The lowest BCUT2D eigenvalue weighted by molar-refractivity contribution is 0.0521. The molecule has 0 bridgehead atoms. The van der Waals surface area contributed by atoms with Crippen molar-refractivity contribution in [1.29, 1.82) is 0 Å². The van der Waals surface area contributed by atoms with Crippen molar-refractivity contribution >= 4 is 17.5 Å². The summed E-state index contributed by atoms with van der Waals surface area (Å²) in [5.41, 5.74) is -0.0268. The minimum atomic E-state index is -1.09. The Morgan fingerprint density at radius 3 is 2.45 bits per heavy atom. The molecule has 20 heavy (non-hydrogen) atoms. The fourth-order valence-electron chi connectivity index (χ4n) is 2.44. The van der Waals surface area contributed by atoms with Crippen molar-refractivity contribution in [3.63, 3.8) is 0 Å². The van der Waals surface area contributed by atoms with E-state index in [0.29, 0.717) is 25.9 Å². The summed E-state index contributed by atoms with van der Waals surface area (Å²) in [7, 11) is 0. The van der Waals surface area contributed by atoms with E-state index >= 15 is 0 Å². The molecule has 0 radical (unpaired) electrons. The lowest BCUT2D eigenvalue weighted by atomic mass is 9.92. The summed E-state index contributed by atoms with van der Waals surface area (Å²) in [4.78, 5) is 13.8. The summed E-state index contributed by atoms with van der Waals surface area (Å²) in [5.74, 6) is -2.40. The summed E-state index contributed by atoms with van der Waals surface area (Å²) in [5, 5.41) is 9.42. The third-order valence-electron chi connectivity index (χ3n) is 3.75. The van der Waals surface area contributed by atoms with Crippen molar-refractivity contribution in [3.8, 4) is 0 Å². The van der Waals surface area contributed by atoms with Crippen LogP contribution in [0, 0.1) is 17.6 Å². The van der Waals surface area contributed by atoms with Gasteiger partial charge in [-0.3, -0.25) is 4.79 Å². The summed E-state index contributed by atoms with van der Waals surface area (Å²) >= 11 is 5.80. The molecule has 1 heterocycles. The fraction of sp³-hybridized carbons (Fsp3) is 0.500. The Bertz CT molecular complexity index is 514. The van der Waals surface area contributed by atoms with Gasteiger partial charge in [-0.25, -0.2) is 8.78 Å². The second-order valence-corrected chi connectivity index (χ2v) is 5.52. The number of amides is 1. The molecule has 1 amide bonds. The first-order chi connectivity index (χ1) is 9.40. The number of carbonyl (C=O) groups is 1. The van der Waals surface area contributed by atoms with Crippen LogP contribution in [0.4, 0.5) is 8.78 Å². The molecular formula is C14H16ClF2NO2. The summed E-state index contributed by atoms with van der Waals surface area (Å²) in [6.45, 7) is 2.68. The van der Waals surface area contributed by atoms with E-state index in [0.717, 1.165) is 12.1 Å². The zero-order valence-electron chi connectivity index (χ0n) is 11.1. The molecule has 1 aromatic rings. The molecule has 1 aliphatic heterocycles. The Morgan fingerprint density at radius 1 is 1.35 bits per heavy atom. The maximum Gasteiger partial charge on any atom is 0.255 e. The highest BCUT2D eigenvalue weighted by atomic mass is 35.5. The number of aliphatic hydroxyl groups excluding tert-OH is 1. The normalized spacial score (nSPS) is 18.1. The maximum atomic E-state index is 13.2. The number of benzene rings is 1. The number of carbonyl (C=O) groups excluding carboxylic acids is 1. The minimum Gasteiger partial charge on any atom is -0.393 e. The van der Waals surface area contributed by atoms with Crippen LogP contribution in [-0.4, -0.2) is 35.1 Å². The van der Waals surface area contributed by atoms with Gasteiger partial charge in [-0.2, -0.15) is 0 Å². The van der Waals surface area contributed by atoms with E-state index in [-0.39, 0.29) is 16.5 Å². The average Bonchev–Trinajstić information content (AvgIpc) is 2.42. The Balaban J connectivity index is 2.11. The second-order valence-electron chi connectivity index (χ2n) is 5.12. The summed E-state index contributed by atoms with van der Waals surface area (Å²) in [6, 6.07) is 1.65. The largest absolute Gasteiger partial charge is 0.393 e. The van der Waals surface area contributed by atoms with Crippen LogP contribution >= 0.6 is 11.6 Å². The van der Waals surface area contributed by atoms with Crippen LogP contribution in [0.2, 0.25) is 5.02 Å². The smallest absolute Gasteiger partial charge is 0.255 e. The lowest BCUT2D eigenvalue weighted by Gasteiger charge is -2.33.